The first-order valence-electron chi connectivity index (χ1n) is 13.0. The van der Waals surface area contributed by atoms with Crippen LogP contribution < -0.4 is 15.1 Å². The number of hydrogen-bond acceptors (Lipinski definition) is 7. The van der Waals surface area contributed by atoms with E-state index in [1.807, 2.05) is 16.8 Å². The number of piperazine rings is 1. The molecule has 1 aromatic heterocycles. The molecular weight excluding hydrogens is 545 g/mol. The fraction of sp³-hybridized carbons (Fsp3) is 0.393. The predicted molar refractivity (Wildman–Crippen MR) is 149 cm³/mol. The number of likely N-dealkylation sites (N-methyl/N-ethyl adjacent to an activating group) is 1. The summed E-state index contributed by atoms with van der Waals surface area (Å²) in [6, 6.07) is 5.11. The Morgan fingerprint density at radius 2 is 1.65 bits per heavy atom. The van der Waals surface area contributed by atoms with Crippen molar-refractivity contribution >= 4 is 34.8 Å². The summed E-state index contributed by atoms with van der Waals surface area (Å²) in [5, 5.41) is 1.94. The zero-order chi connectivity index (χ0) is 28.6. The van der Waals surface area contributed by atoms with Gasteiger partial charge in [0.05, 0.1) is 30.2 Å². The number of nitrogens with one attached hydrogen (secondary N) is 1. The number of carbonyl (C=O) groups excluding carboxylic acids is 1. The second-order valence-corrected chi connectivity index (χ2v) is 10.5. The van der Waals surface area contributed by atoms with Crippen LogP contribution in [0.25, 0.3) is 11.1 Å². The second-order valence-electron chi connectivity index (χ2n) is 10.2. The molecule has 0 radical (unpaired) electrons. The fourth-order valence-corrected chi connectivity index (χ4v) is 5.19. The van der Waals surface area contributed by atoms with Crippen LogP contribution in [0.3, 0.4) is 0 Å². The standard InChI is InChI=1S/C28H30ClF3N6O2/c1-16-14-38(15-17(2)36(16)3)24-11-22(31)20(18-12-33-28(34-13-18)37-6-8-40-9-7-37)10-23(24)35-27(39)19-4-5-21(30)25(29)26(19)32/h4-5,10-13,16-17H,6-9,14-15H2,1-3H3,(H,35,39)/t16-,17+. The van der Waals surface area contributed by atoms with Gasteiger partial charge in [-0.25, -0.2) is 23.1 Å². The van der Waals surface area contributed by atoms with Crippen molar-refractivity contribution in [3.05, 3.63) is 64.7 Å². The smallest absolute Gasteiger partial charge is 0.258 e. The van der Waals surface area contributed by atoms with Crippen LogP contribution in [0.4, 0.5) is 30.5 Å². The van der Waals surface area contributed by atoms with E-state index < -0.39 is 33.9 Å². The van der Waals surface area contributed by atoms with E-state index in [0.29, 0.717) is 56.6 Å². The molecule has 0 bridgehead atoms. The monoisotopic (exact) mass is 574 g/mol. The molecule has 2 fully saturated rings. The molecule has 8 nitrogen and oxygen atoms in total. The highest BCUT2D eigenvalue weighted by molar-refractivity contribution is 6.31. The van der Waals surface area contributed by atoms with Crippen molar-refractivity contribution in [3.8, 4) is 11.1 Å². The van der Waals surface area contributed by atoms with Gasteiger partial charge in [-0.05, 0) is 45.2 Å². The van der Waals surface area contributed by atoms with Gasteiger partial charge < -0.3 is 19.9 Å². The Morgan fingerprint density at radius 1 is 1.00 bits per heavy atom. The van der Waals surface area contributed by atoms with Gasteiger partial charge in [0, 0.05) is 61.8 Å². The third-order valence-corrected chi connectivity index (χ3v) is 7.90. The summed E-state index contributed by atoms with van der Waals surface area (Å²) in [5.74, 6) is -2.99. The molecule has 1 amide bonds. The molecule has 2 aromatic carbocycles. The molecule has 3 aromatic rings. The lowest BCUT2D eigenvalue weighted by Gasteiger charge is -2.44. The molecular formula is C28H30ClF3N6O2. The number of amides is 1. The number of benzene rings is 2. The van der Waals surface area contributed by atoms with Crippen LogP contribution in [0, 0.1) is 17.5 Å². The quantitative estimate of drug-likeness (QED) is 0.438. The van der Waals surface area contributed by atoms with E-state index in [4.69, 9.17) is 16.3 Å². The Hall–Kier alpha value is -3.41. The van der Waals surface area contributed by atoms with Crippen LogP contribution in [0.2, 0.25) is 5.02 Å². The van der Waals surface area contributed by atoms with Gasteiger partial charge in [0.25, 0.3) is 5.91 Å². The number of morpholine rings is 1. The first kappa shape index (κ1) is 28.1. The van der Waals surface area contributed by atoms with E-state index in [0.717, 1.165) is 12.1 Å². The lowest BCUT2D eigenvalue weighted by atomic mass is 10.0. The third kappa shape index (κ3) is 5.59. The van der Waals surface area contributed by atoms with Crippen molar-refractivity contribution < 1.29 is 22.7 Å². The molecule has 2 saturated heterocycles. The van der Waals surface area contributed by atoms with E-state index in [9.17, 15) is 13.6 Å². The van der Waals surface area contributed by atoms with Crippen LogP contribution in [0.15, 0.2) is 36.7 Å². The highest BCUT2D eigenvalue weighted by Gasteiger charge is 2.29. The summed E-state index contributed by atoms with van der Waals surface area (Å²) in [7, 11) is 2.03. The second kappa shape index (κ2) is 11.6. The van der Waals surface area contributed by atoms with Gasteiger partial charge in [0.15, 0.2) is 5.82 Å². The Kier molecular flexibility index (Phi) is 8.16. The number of halogens is 4. The molecule has 2 aliphatic heterocycles. The number of anilines is 3. The van der Waals surface area contributed by atoms with Gasteiger partial charge in [-0.2, -0.15) is 0 Å². The Balaban J connectivity index is 1.52. The third-order valence-electron chi connectivity index (χ3n) is 7.56. The van der Waals surface area contributed by atoms with E-state index in [1.54, 1.807) is 0 Å². The average Bonchev–Trinajstić information content (AvgIpc) is 2.95. The summed E-state index contributed by atoms with van der Waals surface area (Å²) in [5.41, 5.74) is 0.859. The van der Waals surface area contributed by atoms with Crippen LogP contribution in [0.5, 0.6) is 0 Å². The van der Waals surface area contributed by atoms with E-state index >= 15 is 4.39 Å². The van der Waals surface area contributed by atoms with Crippen molar-refractivity contribution in [1.82, 2.24) is 14.9 Å². The number of carbonyl (C=O) groups is 1. The van der Waals surface area contributed by atoms with Gasteiger partial charge in [0.2, 0.25) is 5.95 Å². The summed E-state index contributed by atoms with van der Waals surface area (Å²) >= 11 is 5.71. The molecule has 2 aliphatic rings. The van der Waals surface area contributed by atoms with E-state index in [-0.39, 0.29) is 23.3 Å². The van der Waals surface area contributed by atoms with Gasteiger partial charge in [-0.3, -0.25) is 9.69 Å². The summed E-state index contributed by atoms with van der Waals surface area (Å²) in [6.45, 7) is 7.76. The highest BCUT2D eigenvalue weighted by Crippen LogP contribution is 2.36. The normalized spacial score (nSPS) is 20.1. The van der Waals surface area contributed by atoms with Crippen molar-refractivity contribution in [2.45, 2.75) is 25.9 Å². The maximum atomic E-state index is 15.7. The maximum Gasteiger partial charge on any atom is 0.258 e. The number of ether oxygens (including phenoxy) is 1. The molecule has 3 heterocycles. The Bertz CT molecular complexity index is 1390. The Labute approximate surface area is 235 Å². The van der Waals surface area contributed by atoms with Crippen LogP contribution >= 0.6 is 11.6 Å². The molecule has 212 valence electrons. The fourth-order valence-electron chi connectivity index (χ4n) is 5.02. The number of nitrogens with zero attached hydrogens (tertiary/aromatic N) is 5. The predicted octanol–water partition coefficient (Wildman–Crippen LogP) is 4.83. The topological polar surface area (TPSA) is 73.8 Å². The van der Waals surface area contributed by atoms with Crippen LogP contribution in [-0.4, -0.2) is 79.3 Å². The van der Waals surface area contributed by atoms with Gasteiger partial charge in [-0.15, -0.1) is 0 Å². The average molecular weight is 575 g/mol. The number of aromatic nitrogens is 2. The molecule has 1 N–H and O–H groups in total. The number of rotatable bonds is 5. The van der Waals surface area contributed by atoms with Crippen molar-refractivity contribution in [2.75, 3.05) is 61.6 Å². The van der Waals surface area contributed by atoms with Crippen LogP contribution in [-0.2, 0) is 4.74 Å². The molecule has 5 rings (SSSR count). The molecule has 12 heteroatoms. The highest BCUT2D eigenvalue weighted by atomic mass is 35.5. The van der Waals surface area contributed by atoms with Crippen molar-refractivity contribution in [2.24, 2.45) is 0 Å². The maximum absolute atomic E-state index is 15.7. The minimum Gasteiger partial charge on any atom is -0.378 e. The minimum absolute atomic E-state index is 0.157. The zero-order valence-electron chi connectivity index (χ0n) is 22.4. The van der Waals surface area contributed by atoms with Gasteiger partial charge in [-0.1, -0.05) is 11.6 Å². The van der Waals surface area contributed by atoms with Gasteiger partial charge >= 0.3 is 0 Å². The van der Waals surface area contributed by atoms with Crippen molar-refractivity contribution in [1.29, 1.82) is 0 Å². The van der Waals surface area contributed by atoms with Gasteiger partial charge in [0.1, 0.15) is 16.7 Å². The lowest BCUT2D eigenvalue weighted by Crippen LogP contribution is -2.55. The Morgan fingerprint density at radius 3 is 2.30 bits per heavy atom. The first-order chi connectivity index (χ1) is 19.1. The zero-order valence-corrected chi connectivity index (χ0v) is 23.2. The minimum atomic E-state index is -1.17. The summed E-state index contributed by atoms with van der Waals surface area (Å²) in [4.78, 5) is 28.2. The molecule has 0 unspecified atom stereocenters. The van der Waals surface area contributed by atoms with E-state index in [2.05, 4.69) is 34.0 Å². The largest absolute Gasteiger partial charge is 0.378 e. The molecule has 2 atom stereocenters. The summed E-state index contributed by atoms with van der Waals surface area (Å²) < 4.78 is 49.4. The SMILES string of the molecule is C[C@@H]1CN(c2cc(F)c(-c3cnc(N4CCOCC4)nc3)cc2NC(=O)c2ccc(F)c(Cl)c2F)C[C@H](C)N1C. The molecule has 0 aliphatic carbocycles. The summed E-state index contributed by atoms with van der Waals surface area (Å²) in [6.07, 6.45) is 3.06. The van der Waals surface area contributed by atoms with E-state index in [1.165, 1.54) is 24.5 Å². The number of hydrogen-bond donors (Lipinski definition) is 1. The lowest BCUT2D eigenvalue weighted by molar-refractivity contribution is 0.102. The molecule has 40 heavy (non-hydrogen) atoms. The molecule has 0 saturated carbocycles. The van der Waals surface area contributed by atoms with Crippen molar-refractivity contribution in [3.63, 3.8) is 0 Å². The first-order valence-corrected chi connectivity index (χ1v) is 13.4. The molecule has 0 spiro atoms. The van der Waals surface area contributed by atoms with Crippen LogP contribution in [0.1, 0.15) is 24.2 Å².